The van der Waals surface area contributed by atoms with E-state index in [0.29, 0.717) is 23.5 Å². The molecule has 6 nitrogen and oxygen atoms in total. The fourth-order valence-electron chi connectivity index (χ4n) is 3.25. The van der Waals surface area contributed by atoms with E-state index in [1.54, 1.807) is 29.5 Å². The lowest BCUT2D eigenvalue weighted by Gasteiger charge is -2.34. The molecule has 0 saturated heterocycles. The van der Waals surface area contributed by atoms with Crippen LogP contribution in [0, 0.1) is 0 Å². The zero-order chi connectivity index (χ0) is 18.8. The summed E-state index contributed by atoms with van der Waals surface area (Å²) in [6, 6.07) is 6.98. The Kier molecular flexibility index (Phi) is 5.08. The summed E-state index contributed by atoms with van der Waals surface area (Å²) in [7, 11) is 0. The van der Waals surface area contributed by atoms with Crippen LogP contribution in [0.4, 0.5) is 11.4 Å². The van der Waals surface area contributed by atoms with Crippen LogP contribution in [-0.4, -0.2) is 29.2 Å². The Labute approximate surface area is 156 Å². The molecule has 7 heteroatoms. The number of rotatable bonds is 3. The van der Waals surface area contributed by atoms with Crippen molar-refractivity contribution in [3.05, 3.63) is 45.6 Å². The van der Waals surface area contributed by atoms with Gasteiger partial charge in [-0.05, 0) is 48.6 Å². The van der Waals surface area contributed by atoms with Gasteiger partial charge in [0.25, 0.3) is 5.91 Å². The first kappa shape index (κ1) is 18.1. The van der Waals surface area contributed by atoms with Gasteiger partial charge in [-0.25, -0.2) is 0 Å². The molecule has 0 fully saturated rings. The molecule has 1 atom stereocenters. The standard InChI is InChI=1S/C19H21N3O3S/c1-11-17-5-7-26-18(17)4-6-22(11)19(25)14-8-15(20-12(2)23)10-16(9-14)21-13(3)24/h5,7-11H,4,6H2,1-3H3,(H,20,23)(H,21,24). The molecule has 0 radical (unpaired) electrons. The van der Waals surface area contributed by atoms with Gasteiger partial charge in [-0.1, -0.05) is 0 Å². The number of thiophene rings is 1. The minimum atomic E-state index is -0.238. The second-order valence-electron chi connectivity index (χ2n) is 6.39. The Hall–Kier alpha value is -2.67. The summed E-state index contributed by atoms with van der Waals surface area (Å²) in [6.07, 6.45) is 0.840. The summed E-state index contributed by atoms with van der Waals surface area (Å²) in [6.45, 7) is 5.47. The van der Waals surface area contributed by atoms with Crippen molar-refractivity contribution < 1.29 is 14.4 Å². The van der Waals surface area contributed by atoms with Gasteiger partial charge in [0.15, 0.2) is 0 Å². The summed E-state index contributed by atoms with van der Waals surface area (Å²) < 4.78 is 0. The molecule has 2 heterocycles. The van der Waals surface area contributed by atoms with Gasteiger partial charge in [0.2, 0.25) is 11.8 Å². The molecule has 1 unspecified atom stereocenters. The minimum absolute atomic E-state index is 0.00820. The normalized spacial score (nSPS) is 16.0. The topological polar surface area (TPSA) is 78.5 Å². The number of carbonyl (C=O) groups excluding carboxylic acids is 3. The van der Waals surface area contributed by atoms with Crippen molar-refractivity contribution in [2.75, 3.05) is 17.2 Å². The van der Waals surface area contributed by atoms with E-state index in [1.165, 1.54) is 24.3 Å². The molecule has 3 rings (SSSR count). The van der Waals surface area contributed by atoms with E-state index >= 15 is 0 Å². The molecule has 1 aliphatic rings. The second-order valence-corrected chi connectivity index (χ2v) is 7.39. The molecule has 2 N–H and O–H groups in total. The van der Waals surface area contributed by atoms with Crippen molar-refractivity contribution in [3.8, 4) is 0 Å². The first-order valence-corrected chi connectivity index (χ1v) is 9.30. The van der Waals surface area contributed by atoms with Crippen LogP contribution in [0.5, 0.6) is 0 Å². The SMILES string of the molecule is CC(=O)Nc1cc(NC(C)=O)cc(C(=O)N2CCc3sccc3C2C)c1. The monoisotopic (exact) mass is 371 g/mol. The molecular weight excluding hydrogens is 350 g/mol. The van der Waals surface area contributed by atoms with Crippen LogP contribution >= 0.6 is 11.3 Å². The van der Waals surface area contributed by atoms with Gasteiger partial charge in [-0.15, -0.1) is 11.3 Å². The maximum atomic E-state index is 13.1. The third-order valence-corrected chi connectivity index (χ3v) is 5.36. The smallest absolute Gasteiger partial charge is 0.254 e. The molecule has 136 valence electrons. The van der Waals surface area contributed by atoms with Crippen molar-refractivity contribution in [1.82, 2.24) is 4.90 Å². The predicted octanol–water partition coefficient (Wildman–Crippen LogP) is 3.42. The lowest BCUT2D eigenvalue weighted by atomic mass is 10.00. The number of nitrogens with one attached hydrogen (secondary N) is 2. The maximum Gasteiger partial charge on any atom is 0.254 e. The number of anilines is 2. The van der Waals surface area contributed by atoms with Crippen molar-refractivity contribution in [2.24, 2.45) is 0 Å². The van der Waals surface area contributed by atoms with Gasteiger partial charge in [0, 0.05) is 42.2 Å². The highest BCUT2D eigenvalue weighted by molar-refractivity contribution is 7.10. The zero-order valence-corrected chi connectivity index (χ0v) is 15.8. The van der Waals surface area contributed by atoms with Crippen LogP contribution in [0.25, 0.3) is 0 Å². The number of hydrogen-bond acceptors (Lipinski definition) is 4. The minimum Gasteiger partial charge on any atom is -0.331 e. The average Bonchev–Trinajstić information content (AvgIpc) is 3.02. The van der Waals surface area contributed by atoms with E-state index in [2.05, 4.69) is 22.1 Å². The van der Waals surface area contributed by atoms with E-state index in [1.807, 2.05) is 11.8 Å². The van der Waals surface area contributed by atoms with E-state index < -0.39 is 0 Å². The average molecular weight is 371 g/mol. The Balaban J connectivity index is 1.93. The third kappa shape index (κ3) is 3.77. The first-order chi connectivity index (χ1) is 12.3. The van der Waals surface area contributed by atoms with E-state index in [4.69, 9.17) is 0 Å². The van der Waals surface area contributed by atoms with Crippen LogP contribution in [0.1, 0.15) is 47.6 Å². The lowest BCUT2D eigenvalue weighted by Crippen LogP contribution is -2.38. The highest BCUT2D eigenvalue weighted by Crippen LogP contribution is 2.34. The third-order valence-electron chi connectivity index (χ3n) is 4.36. The Morgan fingerprint density at radius 1 is 1.08 bits per heavy atom. The van der Waals surface area contributed by atoms with Crippen molar-refractivity contribution in [3.63, 3.8) is 0 Å². The van der Waals surface area contributed by atoms with Crippen molar-refractivity contribution in [1.29, 1.82) is 0 Å². The summed E-state index contributed by atoms with van der Waals surface area (Å²) in [5.74, 6) is -0.594. The van der Waals surface area contributed by atoms with E-state index in [9.17, 15) is 14.4 Å². The van der Waals surface area contributed by atoms with Crippen LogP contribution in [0.15, 0.2) is 29.6 Å². The van der Waals surface area contributed by atoms with Gasteiger partial charge >= 0.3 is 0 Å². The van der Waals surface area contributed by atoms with Gasteiger partial charge in [0.1, 0.15) is 0 Å². The highest BCUT2D eigenvalue weighted by atomic mass is 32.1. The van der Waals surface area contributed by atoms with Crippen molar-refractivity contribution >= 4 is 40.4 Å². The second kappa shape index (κ2) is 7.29. The fraction of sp³-hybridized carbons (Fsp3) is 0.316. The van der Waals surface area contributed by atoms with E-state index in [-0.39, 0.29) is 23.8 Å². The summed E-state index contributed by atoms with van der Waals surface area (Å²) >= 11 is 1.72. The number of hydrogen-bond donors (Lipinski definition) is 2. The lowest BCUT2D eigenvalue weighted by molar-refractivity contribution is -0.115. The zero-order valence-electron chi connectivity index (χ0n) is 15.0. The number of carbonyl (C=O) groups is 3. The van der Waals surface area contributed by atoms with Gasteiger partial charge in [0.05, 0.1) is 6.04 Å². The Morgan fingerprint density at radius 3 is 2.27 bits per heavy atom. The number of benzene rings is 1. The molecule has 2 aromatic rings. The number of nitrogens with zero attached hydrogens (tertiary/aromatic N) is 1. The molecular formula is C19H21N3O3S. The molecule has 0 bridgehead atoms. The summed E-state index contributed by atoms with van der Waals surface area (Å²) in [4.78, 5) is 39.1. The maximum absolute atomic E-state index is 13.1. The quantitative estimate of drug-likeness (QED) is 0.868. The molecule has 0 aliphatic carbocycles. The van der Waals surface area contributed by atoms with Crippen LogP contribution in [-0.2, 0) is 16.0 Å². The van der Waals surface area contributed by atoms with Crippen molar-refractivity contribution in [2.45, 2.75) is 33.2 Å². The first-order valence-electron chi connectivity index (χ1n) is 8.42. The molecule has 1 aromatic carbocycles. The van der Waals surface area contributed by atoms with Gasteiger partial charge in [-0.3, -0.25) is 14.4 Å². The molecule has 1 aromatic heterocycles. The number of fused-ring (bicyclic) bond motifs is 1. The molecule has 3 amide bonds. The summed E-state index contributed by atoms with van der Waals surface area (Å²) in [5.41, 5.74) is 2.58. The molecule has 0 saturated carbocycles. The van der Waals surface area contributed by atoms with Crippen LogP contribution < -0.4 is 10.6 Å². The largest absolute Gasteiger partial charge is 0.331 e. The predicted molar refractivity (Wildman–Crippen MR) is 103 cm³/mol. The molecule has 26 heavy (non-hydrogen) atoms. The molecule has 1 aliphatic heterocycles. The summed E-state index contributed by atoms with van der Waals surface area (Å²) in [5, 5.41) is 7.42. The number of amides is 3. The highest BCUT2D eigenvalue weighted by Gasteiger charge is 2.29. The Morgan fingerprint density at radius 2 is 1.69 bits per heavy atom. The molecule has 0 spiro atoms. The fourth-order valence-corrected chi connectivity index (χ4v) is 4.22. The van der Waals surface area contributed by atoms with Gasteiger partial charge < -0.3 is 15.5 Å². The van der Waals surface area contributed by atoms with Crippen LogP contribution in [0.3, 0.4) is 0 Å². The van der Waals surface area contributed by atoms with Crippen LogP contribution in [0.2, 0.25) is 0 Å². The van der Waals surface area contributed by atoms with Gasteiger partial charge in [-0.2, -0.15) is 0 Å². The van der Waals surface area contributed by atoms with E-state index in [0.717, 1.165) is 6.42 Å². The Bertz CT molecular complexity index is 840.